The van der Waals surface area contributed by atoms with E-state index in [4.69, 9.17) is 4.74 Å². The molecular formula is C23H18O2. The van der Waals surface area contributed by atoms with Crippen LogP contribution in [0.15, 0.2) is 78.9 Å². The second-order valence-corrected chi connectivity index (χ2v) is 5.46. The van der Waals surface area contributed by atoms with E-state index in [2.05, 4.69) is 30.0 Å². The van der Waals surface area contributed by atoms with Gasteiger partial charge < -0.3 is 4.74 Å². The Morgan fingerprint density at radius 3 is 2.24 bits per heavy atom. The second kappa shape index (κ2) is 7.99. The zero-order chi connectivity index (χ0) is 17.5. The van der Waals surface area contributed by atoms with Gasteiger partial charge in [-0.3, -0.25) is 0 Å². The molecule has 0 fully saturated rings. The van der Waals surface area contributed by atoms with Crippen molar-refractivity contribution in [2.75, 3.05) is 6.61 Å². The average molecular weight is 326 g/mol. The van der Waals surface area contributed by atoms with Crippen molar-refractivity contribution in [2.45, 2.75) is 6.92 Å². The van der Waals surface area contributed by atoms with E-state index in [1.807, 2.05) is 48.5 Å². The third-order valence-electron chi connectivity index (χ3n) is 3.75. The number of esters is 1. The molecule has 3 aromatic carbocycles. The van der Waals surface area contributed by atoms with Crippen molar-refractivity contribution >= 4 is 5.97 Å². The fourth-order valence-corrected chi connectivity index (χ4v) is 2.51. The smallest absolute Gasteiger partial charge is 0.338 e. The lowest BCUT2D eigenvalue weighted by atomic mass is 10.00. The summed E-state index contributed by atoms with van der Waals surface area (Å²) in [6, 6.07) is 25.5. The van der Waals surface area contributed by atoms with Gasteiger partial charge in [0.1, 0.15) is 0 Å². The quantitative estimate of drug-likeness (QED) is 0.504. The number of carbonyl (C=O) groups excluding carboxylic acids is 1. The maximum absolute atomic E-state index is 11.7. The van der Waals surface area contributed by atoms with Gasteiger partial charge in [-0.2, -0.15) is 0 Å². The molecule has 0 spiro atoms. The zero-order valence-corrected chi connectivity index (χ0v) is 14.0. The van der Waals surface area contributed by atoms with Crippen molar-refractivity contribution in [3.8, 4) is 23.0 Å². The normalized spacial score (nSPS) is 9.80. The van der Waals surface area contributed by atoms with Crippen molar-refractivity contribution in [3.05, 3.63) is 95.6 Å². The standard InChI is InChI=1S/C23H18O2/c1-2-25-23(24)21-16-13-18(14-17-21)12-15-20-10-6-7-11-22(20)19-8-4-3-5-9-19/h3-11,13-14,16-17H,2H2,1H3. The molecule has 3 rings (SSSR count). The Labute approximate surface area is 148 Å². The van der Waals surface area contributed by atoms with Crippen LogP contribution in [-0.2, 0) is 4.74 Å². The van der Waals surface area contributed by atoms with E-state index < -0.39 is 0 Å². The Balaban J connectivity index is 1.86. The van der Waals surface area contributed by atoms with E-state index >= 15 is 0 Å². The van der Waals surface area contributed by atoms with Crippen LogP contribution in [0.1, 0.15) is 28.4 Å². The van der Waals surface area contributed by atoms with E-state index in [0.29, 0.717) is 12.2 Å². The number of benzene rings is 3. The lowest BCUT2D eigenvalue weighted by Crippen LogP contribution is -2.04. The third-order valence-corrected chi connectivity index (χ3v) is 3.75. The summed E-state index contributed by atoms with van der Waals surface area (Å²) in [5.74, 6) is 6.09. The molecule has 0 bridgehead atoms. The SMILES string of the molecule is CCOC(=O)c1ccc(C#Cc2ccccc2-c2ccccc2)cc1. The molecule has 0 saturated carbocycles. The minimum atomic E-state index is -0.309. The first-order valence-corrected chi connectivity index (χ1v) is 8.21. The maximum atomic E-state index is 11.7. The van der Waals surface area contributed by atoms with Gasteiger partial charge in [0, 0.05) is 11.1 Å². The molecule has 0 unspecified atom stereocenters. The van der Waals surface area contributed by atoms with Crippen molar-refractivity contribution in [2.24, 2.45) is 0 Å². The van der Waals surface area contributed by atoms with E-state index in [9.17, 15) is 4.79 Å². The van der Waals surface area contributed by atoms with Gasteiger partial charge in [-0.05, 0) is 48.4 Å². The summed E-state index contributed by atoms with van der Waals surface area (Å²) >= 11 is 0. The van der Waals surface area contributed by atoms with Gasteiger partial charge in [0.15, 0.2) is 0 Å². The first-order chi connectivity index (χ1) is 12.3. The largest absolute Gasteiger partial charge is 0.462 e. The molecule has 122 valence electrons. The van der Waals surface area contributed by atoms with Gasteiger partial charge in [-0.1, -0.05) is 60.4 Å². The Bertz CT molecular complexity index is 914. The summed E-state index contributed by atoms with van der Waals surface area (Å²) in [6.45, 7) is 2.17. The van der Waals surface area contributed by atoms with Gasteiger partial charge in [0.05, 0.1) is 12.2 Å². The fraction of sp³-hybridized carbons (Fsp3) is 0.0870. The van der Waals surface area contributed by atoms with Gasteiger partial charge >= 0.3 is 5.97 Å². The first-order valence-electron chi connectivity index (χ1n) is 8.21. The van der Waals surface area contributed by atoms with E-state index in [-0.39, 0.29) is 5.97 Å². The highest BCUT2D eigenvalue weighted by Gasteiger charge is 2.05. The van der Waals surface area contributed by atoms with Crippen LogP contribution < -0.4 is 0 Å². The highest BCUT2D eigenvalue weighted by atomic mass is 16.5. The molecular weight excluding hydrogens is 308 g/mol. The molecule has 2 heteroatoms. The first kappa shape index (κ1) is 16.5. The minimum absolute atomic E-state index is 0.309. The van der Waals surface area contributed by atoms with Gasteiger partial charge in [-0.15, -0.1) is 0 Å². The number of rotatable bonds is 3. The summed E-state index contributed by atoms with van der Waals surface area (Å²) in [5, 5.41) is 0. The molecule has 3 aromatic rings. The van der Waals surface area contributed by atoms with E-state index in [1.165, 1.54) is 0 Å². The summed E-state index contributed by atoms with van der Waals surface area (Å²) in [4.78, 5) is 11.7. The number of carbonyl (C=O) groups is 1. The summed E-state index contributed by atoms with van der Waals surface area (Å²) in [5.41, 5.74) is 4.62. The molecule has 2 nitrogen and oxygen atoms in total. The minimum Gasteiger partial charge on any atom is -0.462 e. The topological polar surface area (TPSA) is 26.3 Å². The van der Waals surface area contributed by atoms with E-state index in [1.54, 1.807) is 19.1 Å². The monoisotopic (exact) mass is 326 g/mol. The Morgan fingerprint density at radius 1 is 0.840 bits per heavy atom. The van der Waals surface area contributed by atoms with Crippen LogP contribution >= 0.6 is 0 Å². The zero-order valence-electron chi connectivity index (χ0n) is 14.0. The predicted octanol–water partition coefficient (Wildman–Crippen LogP) is 4.93. The van der Waals surface area contributed by atoms with Crippen molar-refractivity contribution in [1.82, 2.24) is 0 Å². The third kappa shape index (κ3) is 4.16. The predicted molar refractivity (Wildman–Crippen MR) is 100 cm³/mol. The van der Waals surface area contributed by atoms with Gasteiger partial charge in [0.25, 0.3) is 0 Å². The second-order valence-electron chi connectivity index (χ2n) is 5.46. The Kier molecular flexibility index (Phi) is 5.29. The molecule has 0 aliphatic rings. The summed E-state index contributed by atoms with van der Waals surface area (Å²) in [6.07, 6.45) is 0. The van der Waals surface area contributed by atoms with Crippen molar-refractivity contribution in [3.63, 3.8) is 0 Å². The molecule has 25 heavy (non-hydrogen) atoms. The average Bonchev–Trinajstić information content (AvgIpc) is 2.68. The fourth-order valence-electron chi connectivity index (χ4n) is 2.51. The molecule has 0 aliphatic heterocycles. The lowest BCUT2D eigenvalue weighted by Gasteiger charge is -2.04. The number of hydrogen-bond donors (Lipinski definition) is 0. The molecule has 0 heterocycles. The molecule has 0 aromatic heterocycles. The number of hydrogen-bond acceptors (Lipinski definition) is 2. The van der Waals surface area contributed by atoms with Crippen LogP contribution in [0.4, 0.5) is 0 Å². The van der Waals surface area contributed by atoms with E-state index in [0.717, 1.165) is 22.3 Å². The molecule has 0 saturated heterocycles. The Hall–Kier alpha value is -3.31. The summed E-state index contributed by atoms with van der Waals surface area (Å²) in [7, 11) is 0. The van der Waals surface area contributed by atoms with Crippen LogP contribution in [0.3, 0.4) is 0 Å². The van der Waals surface area contributed by atoms with Crippen LogP contribution in [0.5, 0.6) is 0 Å². The highest BCUT2D eigenvalue weighted by Crippen LogP contribution is 2.22. The maximum Gasteiger partial charge on any atom is 0.338 e. The molecule has 0 amide bonds. The molecule has 0 aliphatic carbocycles. The summed E-state index contributed by atoms with van der Waals surface area (Å²) < 4.78 is 4.99. The van der Waals surface area contributed by atoms with Crippen LogP contribution in [0.2, 0.25) is 0 Å². The molecule has 0 atom stereocenters. The van der Waals surface area contributed by atoms with Crippen molar-refractivity contribution in [1.29, 1.82) is 0 Å². The lowest BCUT2D eigenvalue weighted by molar-refractivity contribution is 0.0526. The highest BCUT2D eigenvalue weighted by molar-refractivity contribution is 5.89. The molecule has 0 radical (unpaired) electrons. The Morgan fingerprint density at radius 2 is 1.52 bits per heavy atom. The van der Waals surface area contributed by atoms with Crippen LogP contribution in [-0.4, -0.2) is 12.6 Å². The van der Waals surface area contributed by atoms with Crippen LogP contribution in [0, 0.1) is 11.8 Å². The van der Waals surface area contributed by atoms with Crippen molar-refractivity contribution < 1.29 is 9.53 Å². The van der Waals surface area contributed by atoms with Gasteiger partial charge in [-0.25, -0.2) is 4.79 Å². The number of ether oxygens (including phenoxy) is 1. The molecule has 0 N–H and O–H groups in total. The van der Waals surface area contributed by atoms with Gasteiger partial charge in [0.2, 0.25) is 0 Å². The van der Waals surface area contributed by atoms with Crippen LogP contribution in [0.25, 0.3) is 11.1 Å².